The summed E-state index contributed by atoms with van der Waals surface area (Å²) < 4.78 is 25.4. The van der Waals surface area contributed by atoms with E-state index in [1.165, 1.54) is 11.6 Å². The Morgan fingerprint density at radius 1 is 0.828 bits per heavy atom. The quantitative estimate of drug-likeness (QED) is 0.642. The summed E-state index contributed by atoms with van der Waals surface area (Å²) in [6, 6.07) is 22.0. The third kappa shape index (κ3) is 5.45. The Morgan fingerprint density at radius 2 is 1.55 bits per heavy atom. The predicted octanol–water partition coefficient (Wildman–Crippen LogP) is 4.19. The number of rotatable bonds is 6. The van der Waals surface area contributed by atoms with Gasteiger partial charge in [-0.25, -0.2) is 8.42 Å². The van der Waals surface area contributed by atoms with Crippen LogP contribution in [0.15, 0.2) is 72.8 Å². The van der Waals surface area contributed by atoms with Crippen molar-refractivity contribution in [3.05, 3.63) is 101 Å². The highest BCUT2D eigenvalue weighted by Gasteiger charge is 2.18. The van der Waals surface area contributed by atoms with E-state index in [0.29, 0.717) is 11.3 Å². The minimum absolute atomic E-state index is 0.283. The zero-order chi connectivity index (χ0) is 21.0. The highest BCUT2D eigenvalue weighted by atomic mass is 32.2. The highest BCUT2D eigenvalue weighted by Crippen LogP contribution is 2.25. The fourth-order valence-electron chi connectivity index (χ4n) is 3.10. The molecule has 5 nitrogen and oxygen atoms in total. The number of anilines is 1. The van der Waals surface area contributed by atoms with Gasteiger partial charge in [-0.15, -0.1) is 0 Å². The molecule has 0 spiro atoms. The van der Waals surface area contributed by atoms with Crippen LogP contribution in [-0.2, 0) is 10.0 Å². The molecule has 0 saturated carbocycles. The van der Waals surface area contributed by atoms with Gasteiger partial charge in [-0.3, -0.25) is 9.52 Å². The Bertz CT molecular complexity index is 1130. The Balaban J connectivity index is 1.93. The molecule has 0 bridgehead atoms. The number of hydrogen-bond acceptors (Lipinski definition) is 3. The maximum Gasteiger partial charge on any atom is 0.252 e. The number of hydrogen-bond donors (Lipinski definition) is 2. The minimum atomic E-state index is -3.42. The van der Waals surface area contributed by atoms with Gasteiger partial charge in [0.15, 0.2) is 0 Å². The van der Waals surface area contributed by atoms with Gasteiger partial charge in [0.05, 0.1) is 12.3 Å². The molecule has 1 unspecified atom stereocenters. The summed E-state index contributed by atoms with van der Waals surface area (Å²) in [5.74, 6) is -0.283. The molecule has 3 rings (SSSR count). The molecule has 0 aliphatic rings. The second kappa shape index (κ2) is 8.49. The van der Waals surface area contributed by atoms with Gasteiger partial charge in [-0.05, 0) is 54.3 Å². The second-order valence-corrected chi connectivity index (χ2v) is 8.86. The number of carbonyl (C=O) groups excluding carboxylic acids is 1. The first-order chi connectivity index (χ1) is 13.7. The van der Waals surface area contributed by atoms with Crippen LogP contribution in [-0.4, -0.2) is 20.6 Å². The van der Waals surface area contributed by atoms with Crippen LogP contribution in [0.3, 0.4) is 0 Å². The minimum Gasteiger partial charge on any atom is -0.341 e. The van der Waals surface area contributed by atoms with Crippen LogP contribution in [0.4, 0.5) is 5.69 Å². The summed E-state index contributed by atoms with van der Waals surface area (Å²) in [6.45, 7) is 4.10. The van der Waals surface area contributed by atoms with E-state index in [-0.39, 0.29) is 11.9 Å². The van der Waals surface area contributed by atoms with Crippen molar-refractivity contribution < 1.29 is 13.2 Å². The number of nitrogens with one attached hydrogen (secondary N) is 2. The van der Waals surface area contributed by atoms with Crippen LogP contribution in [0, 0.1) is 13.8 Å². The van der Waals surface area contributed by atoms with E-state index < -0.39 is 10.0 Å². The molecule has 0 aliphatic heterocycles. The Labute approximate surface area is 171 Å². The summed E-state index contributed by atoms with van der Waals surface area (Å²) >= 11 is 0. The van der Waals surface area contributed by atoms with Crippen molar-refractivity contribution >= 4 is 21.6 Å². The largest absolute Gasteiger partial charge is 0.341 e. The molecule has 1 amide bonds. The lowest BCUT2D eigenvalue weighted by Gasteiger charge is -2.21. The van der Waals surface area contributed by atoms with E-state index in [2.05, 4.69) is 23.0 Å². The molecule has 1 atom stereocenters. The van der Waals surface area contributed by atoms with Gasteiger partial charge in [-0.1, -0.05) is 54.6 Å². The topological polar surface area (TPSA) is 75.3 Å². The average molecular weight is 409 g/mol. The van der Waals surface area contributed by atoms with Crippen molar-refractivity contribution in [2.24, 2.45) is 0 Å². The molecule has 0 heterocycles. The maximum absolute atomic E-state index is 13.0. The molecule has 0 fully saturated rings. The maximum atomic E-state index is 13.0. The van der Waals surface area contributed by atoms with Crippen molar-refractivity contribution in [1.29, 1.82) is 0 Å². The third-order valence-electron chi connectivity index (χ3n) is 4.70. The molecule has 3 aromatic rings. The van der Waals surface area contributed by atoms with Gasteiger partial charge < -0.3 is 5.32 Å². The first-order valence-corrected chi connectivity index (χ1v) is 11.1. The smallest absolute Gasteiger partial charge is 0.252 e. The first kappa shape index (κ1) is 20.6. The Kier molecular flexibility index (Phi) is 6.03. The summed E-state index contributed by atoms with van der Waals surface area (Å²) in [5.41, 5.74) is 5.02. The van der Waals surface area contributed by atoms with Gasteiger partial charge in [-0.2, -0.15) is 0 Å². The zero-order valence-electron chi connectivity index (χ0n) is 16.6. The second-order valence-electron chi connectivity index (χ2n) is 7.12. The van der Waals surface area contributed by atoms with Crippen LogP contribution in [0.5, 0.6) is 0 Å². The van der Waals surface area contributed by atoms with E-state index in [1.807, 2.05) is 49.4 Å². The van der Waals surface area contributed by atoms with Gasteiger partial charge in [0, 0.05) is 11.3 Å². The van der Waals surface area contributed by atoms with Gasteiger partial charge in [0.1, 0.15) is 0 Å². The predicted molar refractivity (Wildman–Crippen MR) is 117 cm³/mol. The number of amides is 1. The molecule has 6 heteroatoms. The lowest BCUT2D eigenvalue weighted by Crippen LogP contribution is -2.29. The molecule has 0 aromatic heterocycles. The lowest BCUT2D eigenvalue weighted by molar-refractivity contribution is 0.0943. The molecule has 150 valence electrons. The van der Waals surface area contributed by atoms with Crippen molar-refractivity contribution in [2.45, 2.75) is 19.9 Å². The zero-order valence-corrected chi connectivity index (χ0v) is 17.5. The number of sulfonamides is 1. The van der Waals surface area contributed by atoms with Crippen LogP contribution in [0.1, 0.15) is 38.7 Å². The first-order valence-electron chi connectivity index (χ1n) is 9.24. The van der Waals surface area contributed by atoms with Crippen LogP contribution in [0.2, 0.25) is 0 Å². The van der Waals surface area contributed by atoms with Crippen molar-refractivity contribution in [1.82, 2.24) is 5.32 Å². The lowest BCUT2D eigenvalue weighted by atomic mass is 9.95. The molecule has 0 aliphatic carbocycles. The fourth-order valence-corrected chi connectivity index (χ4v) is 3.66. The number of carbonyl (C=O) groups is 1. The van der Waals surface area contributed by atoms with E-state index in [1.54, 1.807) is 18.2 Å². The SMILES string of the molecule is Cc1ccc(C(NC(=O)c2cccc(NS(C)(=O)=O)c2)c2ccccc2)cc1C. The molecular weight excluding hydrogens is 384 g/mol. The average Bonchev–Trinajstić information content (AvgIpc) is 2.68. The highest BCUT2D eigenvalue weighted by molar-refractivity contribution is 7.92. The monoisotopic (exact) mass is 408 g/mol. The Hall–Kier alpha value is -3.12. The van der Waals surface area contributed by atoms with Gasteiger partial charge in [0.2, 0.25) is 10.0 Å². The van der Waals surface area contributed by atoms with Crippen LogP contribution in [0.25, 0.3) is 0 Å². The van der Waals surface area contributed by atoms with Crippen LogP contribution >= 0.6 is 0 Å². The molecular formula is C23H24N2O3S. The molecule has 29 heavy (non-hydrogen) atoms. The van der Waals surface area contributed by atoms with E-state index in [4.69, 9.17) is 0 Å². The number of aryl methyl sites for hydroxylation is 2. The molecule has 2 N–H and O–H groups in total. The van der Waals surface area contributed by atoms with Crippen molar-refractivity contribution in [2.75, 3.05) is 11.0 Å². The van der Waals surface area contributed by atoms with Crippen molar-refractivity contribution in [3.63, 3.8) is 0 Å². The third-order valence-corrected chi connectivity index (χ3v) is 5.31. The molecule has 0 radical (unpaired) electrons. The van der Waals surface area contributed by atoms with E-state index >= 15 is 0 Å². The Morgan fingerprint density at radius 3 is 2.21 bits per heavy atom. The van der Waals surface area contributed by atoms with Crippen molar-refractivity contribution in [3.8, 4) is 0 Å². The summed E-state index contributed by atoms with van der Waals surface area (Å²) in [4.78, 5) is 13.0. The van der Waals surface area contributed by atoms with Crippen LogP contribution < -0.4 is 10.0 Å². The standard InChI is InChI=1S/C23H24N2O3S/c1-16-12-13-19(14-17(16)2)22(18-8-5-4-6-9-18)24-23(26)20-10-7-11-21(15-20)25-29(3,27)28/h4-15,22,25H,1-3H3,(H,24,26). The molecule has 3 aromatic carbocycles. The summed E-state index contributed by atoms with van der Waals surface area (Å²) in [5, 5.41) is 3.09. The number of benzene rings is 3. The summed E-state index contributed by atoms with van der Waals surface area (Å²) in [7, 11) is -3.42. The van der Waals surface area contributed by atoms with Gasteiger partial charge in [0.25, 0.3) is 5.91 Å². The van der Waals surface area contributed by atoms with E-state index in [9.17, 15) is 13.2 Å². The molecule has 0 saturated heterocycles. The van der Waals surface area contributed by atoms with Gasteiger partial charge >= 0.3 is 0 Å². The fraction of sp³-hybridized carbons (Fsp3) is 0.174. The normalized spacial score (nSPS) is 12.2. The van der Waals surface area contributed by atoms with E-state index in [0.717, 1.165) is 22.9 Å². The summed E-state index contributed by atoms with van der Waals surface area (Å²) in [6.07, 6.45) is 1.07.